The molecule has 98 valence electrons. The van der Waals surface area contributed by atoms with Crippen LogP contribution in [0.25, 0.3) is 0 Å². The van der Waals surface area contributed by atoms with E-state index in [4.69, 9.17) is 21.4 Å². The number of aliphatic carboxylic acids is 1. The molecule has 1 aliphatic rings. The normalized spacial score (nSPS) is 16.4. The Morgan fingerprint density at radius 3 is 2.56 bits per heavy atom. The van der Waals surface area contributed by atoms with E-state index >= 15 is 0 Å². The predicted octanol–water partition coefficient (Wildman–Crippen LogP) is 3.47. The molecule has 0 spiro atoms. The van der Waals surface area contributed by atoms with Crippen molar-refractivity contribution in [3.63, 3.8) is 0 Å². The van der Waals surface area contributed by atoms with Crippen LogP contribution < -0.4 is 4.74 Å². The molecular formula is C14H17ClO3. The lowest BCUT2D eigenvalue weighted by Gasteiger charge is -2.22. The summed E-state index contributed by atoms with van der Waals surface area (Å²) < 4.78 is 5.47. The topological polar surface area (TPSA) is 46.5 Å². The molecular weight excluding hydrogens is 252 g/mol. The zero-order chi connectivity index (χ0) is 13.5. The van der Waals surface area contributed by atoms with Gasteiger partial charge in [0.1, 0.15) is 5.75 Å². The molecule has 0 aliphatic heterocycles. The van der Waals surface area contributed by atoms with Gasteiger partial charge in [-0.2, -0.15) is 0 Å². The Kier molecular flexibility index (Phi) is 3.28. The third kappa shape index (κ3) is 2.07. The molecule has 1 aliphatic carbocycles. The highest BCUT2D eigenvalue weighted by molar-refractivity contribution is 6.31. The van der Waals surface area contributed by atoms with Crippen molar-refractivity contribution in [1.29, 1.82) is 0 Å². The van der Waals surface area contributed by atoms with Crippen molar-refractivity contribution >= 4 is 17.6 Å². The summed E-state index contributed by atoms with van der Waals surface area (Å²) in [6.45, 7) is 3.87. The quantitative estimate of drug-likeness (QED) is 0.909. The molecule has 0 radical (unpaired) electrons. The number of carbonyl (C=O) groups is 1. The lowest BCUT2D eigenvalue weighted by atomic mass is 9.86. The van der Waals surface area contributed by atoms with Crippen LogP contribution in [0.4, 0.5) is 0 Å². The van der Waals surface area contributed by atoms with E-state index in [0.29, 0.717) is 5.02 Å². The van der Waals surface area contributed by atoms with E-state index in [9.17, 15) is 4.79 Å². The van der Waals surface area contributed by atoms with Gasteiger partial charge in [0.05, 0.1) is 13.5 Å². The third-order valence-electron chi connectivity index (χ3n) is 3.74. The van der Waals surface area contributed by atoms with Gasteiger partial charge in [-0.3, -0.25) is 4.79 Å². The Balaban J connectivity index is 2.57. The van der Waals surface area contributed by atoms with Gasteiger partial charge < -0.3 is 9.84 Å². The summed E-state index contributed by atoms with van der Waals surface area (Å²) in [7, 11) is 1.61. The predicted molar refractivity (Wildman–Crippen MR) is 70.6 cm³/mol. The second kappa shape index (κ2) is 4.47. The maximum absolute atomic E-state index is 11.0. The Hall–Kier alpha value is -1.22. The number of rotatable bonds is 4. The maximum Gasteiger partial charge on any atom is 0.304 e. The highest BCUT2D eigenvalue weighted by Crippen LogP contribution is 2.56. The number of ether oxygens (including phenoxy) is 1. The second-order valence-electron chi connectivity index (χ2n) is 5.06. The molecule has 1 N–H and O–H groups in total. The van der Waals surface area contributed by atoms with E-state index in [-0.39, 0.29) is 11.8 Å². The second-order valence-corrected chi connectivity index (χ2v) is 5.47. The van der Waals surface area contributed by atoms with Gasteiger partial charge >= 0.3 is 5.97 Å². The van der Waals surface area contributed by atoms with Crippen molar-refractivity contribution in [2.24, 2.45) is 0 Å². The van der Waals surface area contributed by atoms with Gasteiger partial charge in [0, 0.05) is 21.6 Å². The SMILES string of the molecule is COc1c(C)c(Cl)cc(C)c1C1(CC(=O)O)CC1. The van der Waals surface area contributed by atoms with Crippen LogP contribution in [-0.4, -0.2) is 18.2 Å². The van der Waals surface area contributed by atoms with Crippen LogP contribution >= 0.6 is 11.6 Å². The molecule has 1 aromatic carbocycles. The molecule has 18 heavy (non-hydrogen) atoms. The number of carboxylic acid groups (broad SMARTS) is 1. The number of aryl methyl sites for hydroxylation is 1. The molecule has 0 heterocycles. The Morgan fingerprint density at radius 1 is 1.50 bits per heavy atom. The van der Waals surface area contributed by atoms with Crippen molar-refractivity contribution in [2.75, 3.05) is 7.11 Å². The highest BCUT2D eigenvalue weighted by atomic mass is 35.5. The molecule has 0 aromatic heterocycles. The third-order valence-corrected chi connectivity index (χ3v) is 4.13. The van der Waals surface area contributed by atoms with E-state index < -0.39 is 5.97 Å². The summed E-state index contributed by atoms with van der Waals surface area (Å²) in [5.74, 6) is -0.0136. The first-order chi connectivity index (χ1) is 8.41. The monoisotopic (exact) mass is 268 g/mol. The van der Waals surface area contributed by atoms with Crippen LogP contribution in [0.3, 0.4) is 0 Å². The zero-order valence-electron chi connectivity index (χ0n) is 10.8. The molecule has 0 bridgehead atoms. The molecule has 0 amide bonds. The summed E-state index contributed by atoms with van der Waals surface area (Å²) in [5.41, 5.74) is 2.67. The number of benzene rings is 1. The average molecular weight is 269 g/mol. The first-order valence-corrected chi connectivity index (χ1v) is 6.35. The van der Waals surface area contributed by atoms with Crippen molar-refractivity contribution in [3.05, 3.63) is 27.8 Å². The molecule has 3 nitrogen and oxygen atoms in total. The Morgan fingerprint density at radius 2 is 2.11 bits per heavy atom. The van der Waals surface area contributed by atoms with Crippen molar-refractivity contribution in [3.8, 4) is 5.75 Å². The number of hydrogen-bond acceptors (Lipinski definition) is 2. The lowest BCUT2D eigenvalue weighted by Crippen LogP contribution is -2.16. The molecule has 1 fully saturated rings. The van der Waals surface area contributed by atoms with Gasteiger partial charge in [-0.05, 0) is 38.3 Å². The molecule has 0 unspecified atom stereocenters. The van der Waals surface area contributed by atoms with Crippen molar-refractivity contribution < 1.29 is 14.6 Å². The molecule has 0 atom stereocenters. The fourth-order valence-electron chi connectivity index (χ4n) is 2.72. The fraction of sp³-hybridized carbons (Fsp3) is 0.500. The van der Waals surface area contributed by atoms with Gasteiger partial charge in [0.2, 0.25) is 0 Å². The van der Waals surface area contributed by atoms with E-state index in [0.717, 1.165) is 35.3 Å². The van der Waals surface area contributed by atoms with Gasteiger partial charge in [-0.15, -0.1) is 0 Å². The summed E-state index contributed by atoms with van der Waals surface area (Å²) in [6.07, 6.45) is 1.96. The number of halogens is 1. The van der Waals surface area contributed by atoms with E-state index in [1.54, 1.807) is 7.11 Å². The number of carboxylic acids is 1. The smallest absolute Gasteiger partial charge is 0.304 e. The van der Waals surface area contributed by atoms with Gasteiger partial charge in [0.15, 0.2) is 0 Å². The lowest BCUT2D eigenvalue weighted by molar-refractivity contribution is -0.137. The van der Waals surface area contributed by atoms with E-state index in [2.05, 4.69) is 0 Å². The van der Waals surface area contributed by atoms with Gasteiger partial charge in [0.25, 0.3) is 0 Å². The maximum atomic E-state index is 11.0. The standard InChI is InChI=1S/C14H17ClO3/c1-8-6-10(15)9(2)13(18-3)12(8)14(4-5-14)7-11(16)17/h6H,4-5,7H2,1-3H3,(H,16,17). The number of hydrogen-bond donors (Lipinski definition) is 1. The minimum Gasteiger partial charge on any atom is -0.496 e. The Bertz CT molecular complexity index is 504. The highest BCUT2D eigenvalue weighted by Gasteiger charge is 2.49. The van der Waals surface area contributed by atoms with E-state index in [1.165, 1.54) is 0 Å². The largest absolute Gasteiger partial charge is 0.496 e. The summed E-state index contributed by atoms with van der Waals surface area (Å²) in [4.78, 5) is 11.0. The number of methoxy groups -OCH3 is 1. The molecule has 0 saturated heterocycles. The van der Waals surface area contributed by atoms with Crippen LogP contribution in [0.2, 0.25) is 5.02 Å². The van der Waals surface area contributed by atoms with E-state index in [1.807, 2.05) is 19.9 Å². The Labute approximate surface area is 112 Å². The van der Waals surface area contributed by atoms with Gasteiger partial charge in [-0.1, -0.05) is 11.6 Å². The van der Waals surface area contributed by atoms with Crippen LogP contribution in [0.1, 0.15) is 36.0 Å². The summed E-state index contributed by atoms with van der Waals surface area (Å²) >= 11 is 6.15. The summed E-state index contributed by atoms with van der Waals surface area (Å²) in [5, 5.41) is 9.73. The molecule has 1 saturated carbocycles. The van der Waals surface area contributed by atoms with Crippen LogP contribution in [0.15, 0.2) is 6.07 Å². The van der Waals surface area contributed by atoms with Crippen LogP contribution in [0.5, 0.6) is 5.75 Å². The zero-order valence-corrected chi connectivity index (χ0v) is 11.6. The fourth-order valence-corrected chi connectivity index (χ4v) is 2.96. The first-order valence-electron chi connectivity index (χ1n) is 5.97. The molecule has 2 rings (SSSR count). The molecule has 4 heteroatoms. The average Bonchev–Trinajstić information content (AvgIpc) is 3.02. The van der Waals surface area contributed by atoms with Crippen LogP contribution in [-0.2, 0) is 10.2 Å². The van der Waals surface area contributed by atoms with Crippen molar-refractivity contribution in [1.82, 2.24) is 0 Å². The van der Waals surface area contributed by atoms with Crippen LogP contribution in [0, 0.1) is 13.8 Å². The summed E-state index contributed by atoms with van der Waals surface area (Å²) in [6, 6.07) is 1.90. The minimum atomic E-state index is -0.762. The van der Waals surface area contributed by atoms with Crippen molar-refractivity contribution in [2.45, 2.75) is 38.5 Å². The minimum absolute atomic E-state index is 0.158. The molecule has 1 aromatic rings. The first kappa shape index (κ1) is 13.2. The van der Waals surface area contributed by atoms with Gasteiger partial charge in [-0.25, -0.2) is 0 Å².